The van der Waals surface area contributed by atoms with Crippen molar-refractivity contribution in [3.05, 3.63) is 65.9 Å². The van der Waals surface area contributed by atoms with Gasteiger partial charge in [0.25, 0.3) is 16.0 Å². The number of nitrogens with zero attached hydrogens (tertiary/aromatic N) is 1. The second-order valence-electron chi connectivity index (χ2n) is 10.7. The molecule has 0 spiro atoms. The zero-order valence-electron chi connectivity index (χ0n) is 22.5. The maximum atomic E-state index is 13.9. The van der Waals surface area contributed by atoms with Gasteiger partial charge in [0.2, 0.25) is 11.3 Å². The van der Waals surface area contributed by atoms with E-state index in [2.05, 4.69) is 10.3 Å². The molecule has 218 valence electrons. The molecule has 12 heteroatoms. The number of likely N-dealkylation sites (tertiary alicyclic amines) is 1. The van der Waals surface area contributed by atoms with E-state index in [0.717, 1.165) is 5.56 Å². The summed E-state index contributed by atoms with van der Waals surface area (Å²) in [5, 5.41) is 13.7. The van der Waals surface area contributed by atoms with Gasteiger partial charge in [-0.1, -0.05) is 36.4 Å². The van der Waals surface area contributed by atoms with E-state index in [1.165, 1.54) is 12.0 Å². The van der Waals surface area contributed by atoms with Gasteiger partial charge in [-0.2, -0.15) is 8.42 Å². The molecule has 1 aromatic heterocycles. The predicted molar refractivity (Wildman–Crippen MR) is 150 cm³/mol. The van der Waals surface area contributed by atoms with Crippen LogP contribution in [-0.4, -0.2) is 76.7 Å². The Morgan fingerprint density at radius 1 is 1.17 bits per heavy atom. The molecule has 1 aliphatic heterocycles. The first kappa shape index (κ1) is 28.8. The van der Waals surface area contributed by atoms with Gasteiger partial charge in [-0.05, 0) is 49.4 Å². The summed E-state index contributed by atoms with van der Waals surface area (Å²) in [6.07, 6.45) is 1.58. The second kappa shape index (κ2) is 11.6. The van der Waals surface area contributed by atoms with E-state index in [1.54, 1.807) is 24.3 Å². The van der Waals surface area contributed by atoms with Gasteiger partial charge < -0.3 is 25.0 Å². The highest BCUT2D eigenvalue weighted by Crippen LogP contribution is 2.35. The average Bonchev–Trinajstić information content (AvgIpc) is 3.70. The number of nitrogens with one attached hydrogen (secondary N) is 2. The molecule has 2 aromatic carbocycles. The largest absolute Gasteiger partial charge is 0.496 e. The number of carbonyl (C=O) groups excluding carboxylic acids is 3. The number of methoxy groups -OCH3 is 1. The number of hydrogen-bond acceptors (Lipinski definition) is 7. The number of rotatable bonds is 9. The van der Waals surface area contributed by atoms with Crippen molar-refractivity contribution in [1.82, 2.24) is 15.2 Å². The van der Waals surface area contributed by atoms with Gasteiger partial charge in [0.1, 0.15) is 23.3 Å². The molecule has 2 amide bonds. The van der Waals surface area contributed by atoms with Crippen molar-refractivity contribution in [2.45, 2.75) is 55.5 Å². The maximum absolute atomic E-state index is 13.9. The monoisotopic (exact) mass is 583 g/mol. The number of aliphatic hydroxyl groups excluding tert-OH is 1. The van der Waals surface area contributed by atoms with Gasteiger partial charge in [-0.15, -0.1) is 0 Å². The molecule has 4 N–H and O–H groups in total. The van der Waals surface area contributed by atoms with Crippen molar-refractivity contribution in [1.29, 1.82) is 0 Å². The van der Waals surface area contributed by atoms with Crippen LogP contribution in [0.15, 0.2) is 54.6 Å². The number of H-pyrrole nitrogens is 1. The summed E-state index contributed by atoms with van der Waals surface area (Å²) >= 11 is 0. The van der Waals surface area contributed by atoms with E-state index >= 15 is 0 Å². The molecule has 2 heterocycles. The van der Waals surface area contributed by atoms with E-state index in [-0.39, 0.29) is 36.8 Å². The number of carbonyl (C=O) groups is 3. The number of aliphatic hydroxyl groups is 1. The van der Waals surface area contributed by atoms with Crippen LogP contribution >= 0.6 is 0 Å². The molecule has 2 fully saturated rings. The Bertz CT molecular complexity index is 1550. The number of ketones is 1. The van der Waals surface area contributed by atoms with Crippen LogP contribution in [0.5, 0.6) is 5.75 Å². The summed E-state index contributed by atoms with van der Waals surface area (Å²) in [5.74, 6) is -1.34. The topological polar surface area (TPSA) is 166 Å². The summed E-state index contributed by atoms with van der Waals surface area (Å²) in [6.45, 7) is 0.222. The maximum Gasteiger partial charge on any atom is 0.294 e. The molecule has 1 saturated heterocycles. The third kappa shape index (κ3) is 5.99. The van der Waals surface area contributed by atoms with E-state index in [9.17, 15) is 32.5 Å². The highest BCUT2D eigenvalue weighted by atomic mass is 32.2. The van der Waals surface area contributed by atoms with Crippen LogP contribution in [0.1, 0.15) is 54.1 Å². The smallest absolute Gasteiger partial charge is 0.294 e. The van der Waals surface area contributed by atoms with E-state index in [4.69, 9.17) is 4.74 Å². The summed E-state index contributed by atoms with van der Waals surface area (Å²) in [6, 6.07) is 14.0. The lowest BCUT2D eigenvalue weighted by Crippen LogP contribution is -2.54. The minimum absolute atomic E-state index is 0.0807. The number of hydrogen-bond donors (Lipinski definition) is 4. The normalized spacial score (nSPS) is 22.6. The molecule has 1 saturated carbocycles. The molecule has 0 bridgehead atoms. The minimum Gasteiger partial charge on any atom is -0.496 e. The highest BCUT2D eigenvalue weighted by molar-refractivity contribution is 7.86. The van der Waals surface area contributed by atoms with E-state index < -0.39 is 45.4 Å². The van der Waals surface area contributed by atoms with E-state index in [0.29, 0.717) is 35.9 Å². The summed E-state index contributed by atoms with van der Waals surface area (Å²) in [4.78, 5) is 44.4. The first-order valence-corrected chi connectivity index (χ1v) is 15.1. The lowest BCUT2D eigenvalue weighted by molar-refractivity contribution is -0.127. The third-order valence-corrected chi connectivity index (χ3v) is 9.10. The van der Waals surface area contributed by atoms with Crippen molar-refractivity contribution in [2.24, 2.45) is 5.92 Å². The van der Waals surface area contributed by atoms with Crippen LogP contribution in [0.3, 0.4) is 0 Å². The first-order valence-electron chi connectivity index (χ1n) is 13.6. The van der Waals surface area contributed by atoms with Gasteiger partial charge in [0.15, 0.2) is 0 Å². The van der Waals surface area contributed by atoms with Crippen LogP contribution in [-0.2, 0) is 19.7 Å². The van der Waals surface area contributed by atoms with Crippen LogP contribution in [0.4, 0.5) is 0 Å². The Labute approximate surface area is 237 Å². The molecule has 2 aliphatic rings. The number of aromatic amines is 1. The average molecular weight is 584 g/mol. The number of fused-ring (bicyclic) bond motifs is 1. The number of Topliss-reactive ketones (excluding diaryl/α,β-unsaturated/α-hetero) is 1. The van der Waals surface area contributed by atoms with Crippen LogP contribution < -0.4 is 10.1 Å². The van der Waals surface area contributed by atoms with Gasteiger partial charge in [0, 0.05) is 35.7 Å². The second-order valence-corrected chi connectivity index (χ2v) is 12.2. The zero-order chi connectivity index (χ0) is 29.3. The van der Waals surface area contributed by atoms with Crippen molar-refractivity contribution in [3.63, 3.8) is 0 Å². The molecule has 11 nitrogen and oxygen atoms in total. The highest BCUT2D eigenvalue weighted by Gasteiger charge is 2.43. The summed E-state index contributed by atoms with van der Waals surface area (Å²) < 4.78 is 38.7. The van der Waals surface area contributed by atoms with Crippen LogP contribution in [0.2, 0.25) is 0 Å². The standard InChI is InChI=1S/C29H33N3O8S/c1-40-26-12-6-10-21-20(26)15-22(30-21)28(35)32-16-19(17-7-3-2-4-8-17)14-24(32)27(34)31-23(29(36)41(37,38)39)13-18-9-5-11-25(18)33/h2-4,6-8,10,12,15,18-19,23-24,29-30,36H,5,9,11,13-14,16H2,1H3,(H,31,34)(H,37,38,39). The molecule has 5 rings (SSSR count). The Hall–Kier alpha value is -3.74. The number of benzene rings is 2. The summed E-state index contributed by atoms with van der Waals surface area (Å²) in [5.41, 5.74) is -0.450. The van der Waals surface area contributed by atoms with Gasteiger partial charge in [-0.25, -0.2) is 0 Å². The number of aromatic nitrogens is 1. The lowest BCUT2D eigenvalue weighted by atomic mass is 9.95. The molecular formula is C29H33N3O8S. The quantitative estimate of drug-likeness (QED) is 0.279. The Kier molecular flexibility index (Phi) is 8.16. The number of amides is 2. The van der Waals surface area contributed by atoms with Crippen molar-refractivity contribution >= 4 is 38.6 Å². The fraction of sp³-hybridized carbons (Fsp3) is 0.414. The Morgan fingerprint density at radius 3 is 2.59 bits per heavy atom. The lowest BCUT2D eigenvalue weighted by Gasteiger charge is -2.28. The molecule has 3 aromatic rings. The third-order valence-electron chi connectivity index (χ3n) is 8.16. The molecule has 0 radical (unpaired) electrons. The Morgan fingerprint density at radius 2 is 1.93 bits per heavy atom. The van der Waals surface area contributed by atoms with Crippen molar-refractivity contribution < 1.29 is 37.2 Å². The van der Waals surface area contributed by atoms with Crippen LogP contribution in [0, 0.1) is 5.92 Å². The van der Waals surface area contributed by atoms with Gasteiger partial charge >= 0.3 is 0 Å². The SMILES string of the molecule is COc1cccc2[nH]c(C(=O)N3CC(c4ccccc4)CC3C(=O)NC(CC3CCCC3=O)C(O)S(=O)(=O)O)cc12. The Balaban J connectivity index is 1.45. The van der Waals surface area contributed by atoms with Crippen LogP contribution in [0.25, 0.3) is 10.9 Å². The molecule has 5 unspecified atom stereocenters. The predicted octanol–water partition coefficient (Wildman–Crippen LogP) is 2.63. The zero-order valence-corrected chi connectivity index (χ0v) is 23.3. The fourth-order valence-corrected chi connectivity index (χ4v) is 6.62. The van der Waals surface area contributed by atoms with E-state index in [1.807, 2.05) is 30.3 Å². The fourth-order valence-electron chi connectivity index (χ4n) is 6.03. The van der Waals surface area contributed by atoms with Gasteiger partial charge in [0.05, 0.1) is 13.2 Å². The molecular weight excluding hydrogens is 550 g/mol. The first-order chi connectivity index (χ1) is 19.6. The molecule has 1 aliphatic carbocycles. The minimum atomic E-state index is -4.95. The summed E-state index contributed by atoms with van der Waals surface area (Å²) in [7, 11) is -3.41. The molecule has 41 heavy (non-hydrogen) atoms. The molecule has 5 atom stereocenters. The van der Waals surface area contributed by atoms with Crippen molar-refractivity contribution in [2.75, 3.05) is 13.7 Å². The van der Waals surface area contributed by atoms with Crippen molar-refractivity contribution in [3.8, 4) is 5.75 Å². The van der Waals surface area contributed by atoms with Gasteiger partial charge in [-0.3, -0.25) is 18.9 Å². The number of ether oxygens (including phenoxy) is 1.